The summed E-state index contributed by atoms with van der Waals surface area (Å²) in [6.45, 7) is 0.893. The lowest BCUT2D eigenvalue weighted by Crippen LogP contribution is -2.29. The molecular formula is C18H20Cl2N2O4S. The Morgan fingerprint density at radius 3 is 2.41 bits per heavy atom. The van der Waals surface area contributed by atoms with Gasteiger partial charge < -0.3 is 10.1 Å². The van der Waals surface area contributed by atoms with Crippen LogP contribution < -0.4 is 9.62 Å². The van der Waals surface area contributed by atoms with Gasteiger partial charge in [0.1, 0.15) is 0 Å². The zero-order chi connectivity index (χ0) is 20.0. The van der Waals surface area contributed by atoms with Crippen molar-refractivity contribution in [3.8, 4) is 0 Å². The number of hydrogen-bond donors (Lipinski definition) is 1. The molecule has 0 aliphatic rings. The number of sulfonamides is 1. The summed E-state index contributed by atoms with van der Waals surface area (Å²) < 4.78 is 30.6. The number of hydrogen-bond acceptors (Lipinski definition) is 4. The van der Waals surface area contributed by atoms with Crippen LogP contribution in [0.1, 0.15) is 15.9 Å². The van der Waals surface area contributed by atoms with Crippen molar-refractivity contribution in [2.75, 3.05) is 30.8 Å². The van der Waals surface area contributed by atoms with E-state index in [2.05, 4.69) is 5.32 Å². The third kappa shape index (κ3) is 5.84. The summed E-state index contributed by atoms with van der Waals surface area (Å²) >= 11 is 12.2. The molecule has 0 saturated heterocycles. The molecule has 6 nitrogen and oxygen atoms in total. The molecule has 0 aliphatic carbocycles. The minimum absolute atomic E-state index is 0.0600. The van der Waals surface area contributed by atoms with Crippen LogP contribution in [0, 0.1) is 0 Å². The van der Waals surface area contributed by atoms with E-state index in [1.807, 2.05) is 0 Å². The van der Waals surface area contributed by atoms with Gasteiger partial charge in [-0.05, 0) is 29.8 Å². The third-order valence-electron chi connectivity index (χ3n) is 3.73. The molecule has 0 bridgehead atoms. The number of anilines is 1. The molecule has 2 aromatic carbocycles. The first-order chi connectivity index (χ1) is 12.7. The quantitative estimate of drug-likeness (QED) is 0.651. The third-order valence-corrected chi connectivity index (χ3v) is 5.67. The second-order valence-electron chi connectivity index (χ2n) is 5.79. The van der Waals surface area contributed by atoms with Gasteiger partial charge in [-0.1, -0.05) is 41.4 Å². The van der Waals surface area contributed by atoms with Crippen LogP contribution >= 0.6 is 23.2 Å². The lowest BCUT2D eigenvalue weighted by molar-refractivity contribution is 0.0937. The molecular weight excluding hydrogens is 411 g/mol. The van der Waals surface area contributed by atoms with E-state index in [1.165, 1.54) is 4.31 Å². The molecule has 0 aromatic heterocycles. The standard InChI is InChI=1S/C18H20Cl2N2O4S/c1-26-11-10-21-18(23)14-8-6-13(7-9-14)12-22(27(2,24)25)16-5-3-4-15(19)17(16)20/h3-9H,10-12H2,1-2H3,(H,21,23). The normalized spacial score (nSPS) is 11.3. The topological polar surface area (TPSA) is 75.7 Å². The van der Waals surface area contributed by atoms with Crippen LogP contribution in [0.3, 0.4) is 0 Å². The zero-order valence-electron chi connectivity index (χ0n) is 14.9. The van der Waals surface area contributed by atoms with Crippen molar-refractivity contribution >= 4 is 44.8 Å². The number of methoxy groups -OCH3 is 1. The minimum atomic E-state index is -3.60. The van der Waals surface area contributed by atoms with E-state index in [-0.39, 0.29) is 22.5 Å². The highest BCUT2D eigenvalue weighted by molar-refractivity contribution is 7.92. The lowest BCUT2D eigenvalue weighted by Gasteiger charge is -2.24. The molecule has 0 spiro atoms. The molecule has 0 aliphatic heterocycles. The molecule has 2 aromatic rings. The molecule has 0 saturated carbocycles. The predicted octanol–water partition coefficient (Wildman–Crippen LogP) is 3.34. The first kappa shape index (κ1) is 21.5. The smallest absolute Gasteiger partial charge is 0.251 e. The van der Waals surface area contributed by atoms with Crippen molar-refractivity contribution < 1.29 is 17.9 Å². The van der Waals surface area contributed by atoms with Gasteiger partial charge in [0.25, 0.3) is 5.91 Å². The first-order valence-electron chi connectivity index (χ1n) is 8.02. The second kappa shape index (κ2) is 9.41. The molecule has 1 N–H and O–H groups in total. The summed E-state index contributed by atoms with van der Waals surface area (Å²) in [5, 5.41) is 3.16. The van der Waals surface area contributed by atoms with E-state index in [4.69, 9.17) is 27.9 Å². The summed E-state index contributed by atoms with van der Waals surface area (Å²) in [5.41, 5.74) is 1.47. The van der Waals surface area contributed by atoms with E-state index in [0.717, 1.165) is 6.26 Å². The van der Waals surface area contributed by atoms with Crippen LogP contribution in [0.2, 0.25) is 10.0 Å². The largest absolute Gasteiger partial charge is 0.383 e. The number of halogens is 2. The van der Waals surface area contributed by atoms with Gasteiger partial charge in [-0.15, -0.1) is 0 Å². The van der Waals surface area contributed by atoms with Gasteiger partial charge in [0, 0.05) is 19.2 Å². The van der Waals surface area contributed by atoms with Crippen molar-refractivity contribution in [1.29, 1.82) is 0 Å². The van der Waals surface area contributed by atoms with Crippen molar-refractivity contribution in [1.82, 2.24) is 5.32 Å². The summed E-state index contributed by atoms with van der Waals surface area (Å²) in [4.78, 5) is 12.0. The average Bonchev–Trinajstić information content (AvgIpc) is 2.62. The number of benzene rings is 2. The maximum Gasteiger partial charge on any atom is 0.251 e. The fourth-order valence-corrected chi connectivity index (χ4v) is 3.70. The van der Waals surface area contributed by atoms with Gasteiger partial charge in [0.15, 0.2) is 0 Å². The van der Waals surface area contributed by atoms with Crippen LogP contribution in [-0.2, 0) is 21.3 Å². The molecule has 2 rings (SSSR count). The van der Waals surface area contributed by atoms with Crippen LogP contribution in [0.15, 0.2) is 42.5 Å². The van der Waals surface area contributed by atoms with Gasteiger partial charge in [0.05, 0.1) is 35.1 Å². The Balaban J connectivity index is 2.21. The van der Waals surface area contributed by atoms with Gasteiger partial charge in [-0.3, -0.25) is 9.10 Å². The van der Waals surface area contributed by atoms with E-state index in [1.54, 1.807) is 49.6 Å². The van der Waals surface area contributed by atoms with E-state index in [0.29, 0.717) is 30.0 Å². The highest BCUT2D eigenvalue weighted by Crippen LogP contribution is 2.34. The van der Waals surface area contributed by atoms with Crippen LogP contribution in [-0.4, -0.2) is 40.8 Å². The summed E-state index contributed by atoms with van der Waals surface area (Å²) in [6.07, 6.45) is 1.10. The molecule has 9 heteroatoms. The molecule has 0 heterocycles. The maximum absolute atomic E-state index is 12.3. The number of nitrogens with one attached hydrogen (secondary N) is 1. The number of carbonyl (C=O) groups is 1. The van der Waals surface area contributed by atoms with Crippen molar-refractivity contribution in [3.63, 3.8) is 0 Å². The number of nitrogens with zero attached hydrogens (tertiary/aromatic N) is 1. The van der Waals surface area contributed by atoms with Crippen molar-refractivity contribution in [3.05, 3.63) is 63.6 Å². The second-order valence-corrected chi connectivity index (χ2v) is 8.48. The minimum Gasteiger partial charge on any atom is -0.383 e. The number of ether oxygens (including phenoxy) is 1. The lowest BCUT2D eigenvalue weighted by atomic mass is 10.1. The molecule has 0 unspecified atom stereocenters. The fraction of sp³-hybridized carbons (Fsp3) is 0.278. The van der Waals surface area contributed by atoms with Crippen molar-refractivity contribution in [2.45, 2.75) is 6.54 Å². The molecule has 27 heavy (non-hydrogen) atoms. The fourth-order valence-electron chi connectivity index (χ4n) is 2.36. The zero-order valence-corrected chi connectivity index (χ0v) is 17.2. The molecule has 1 amide bonds. The number of carbonyl (C=O) groups excluding carboxylic acids is 1. The Bertz CT molecular complexity index is 902. The van der Waals surface area contributed by atoms with Crippen LogP contribution in [0.25, 0.3) is 0 Å². The summed E-state index contributed by atoms with van der Waals surface area (Å²) in [5.74, 6) is -0.226. The highest BCUT2D eigenvalue weighted by Gasteiger charge is 2.21. The van der Waals surface area contributed by atoms with Gasteiger partial charge in [-0.25, -0.2) is 8.42 Å². The van der Waals surface area contributed by atoms with E-state index < -0.39 is 10.0 Å². The number of amides is 1. The van der Waals surface area contributed by atoms with Crippen LogP contribution in [0.4, 0.5) is 5.69 Å². The van der Waals surface area contributed by atoms with Crippen LogP contribution in [0.5, 0.6) is 0 Å². The van der Waals surface area contributed by atoms with E-state index in [9.17, 15) is 13.2 Å². The van der Waals surface area contributed by atoms with Gasteiger partial charge >= 0.3 is 0 Å². The first-order valence-corrected chi connectivity index (χ1v) is 10.6. The highest BCUT2D eigenvalue weighted by atomic mass is 35.5. The summed E-state index contributed by atoms with van der Waals surface area (Å²) in [6, 6.07) is 11.5. The predicted molar refractivity (Wildman–Crippen MR) is 108 cm³/mol. The van der Waals surface area contributed by atoms with Crippen molar-refractivity contribution in [2.24, 2.45) is 0 Å². The Morgan fingerprint density at radius 1 is 1.15 bits per heavy atom. The SMILES string of the molecule is COCCNC(=O)c1ccc(CN(c2cccc(Cl)c2Cl)S(C)(=O)=O)cc1. The molecule has 0 fully saturated rings. The molecule has 0 radical (unpaired) electrons. The Hall–Kier alpha value is -1.80. The monoisotopic (exact) mass is 430 g/mol. The van der Waals surface area contributed by atoms with Gasteiger partial charge in [0.2, 0.25) is 10.0 Å². The maximum atomic E-state index is 12.3. The Morgan fingerprint density at radius 2 is 1.81 bits per heavy atom. The Kier molecular flexibility index (Phi) is 7.49. The Labute approximate surface area is 169 Å². The average molecular weight is 431 g/mol. The molecule has 0 atom stereocenters. The summed E-state index contributed by atoms with van der Waals surface area (Å²) in [7, 11) is -2.04. The number of rotatable bonds is 8. The molecule has 146 valence electrons. The van der Waals surface area contributed by atoms with E-state index >= 15 is 0 Å². The van der Waals surface area contributed by atoms with Gasteiger partial charge in [-0.2, -0.15) is 0 Å².